The topological polar surface area (TPSA) is 3.24 Å². The quantitative estimate of drug-likeness (QED) is 0.596. The monoisotopic (exact) mass is 317 g/mol. The van der Waals surface area contributed by atoms with E-state index in [2.05, 4.69) is 86.4 Å². The molecule has 24 heavy (non-hydrogen) atoms. The first-order valence-electron chi connectivity index (χ1n) is 9.18. The highest BCUT2D eigenvalue weighted by Crippen LogP contribution is 2.40. The van der Waals surface area contributed by atoms with Crippen molar-refractivity contribution in [1.82, 2.24) is 0 Å². The summed E-state index contributed by atoms with van der Waals surface area (Å²) in [6, 6.07) is 17.5. The zero-order chi connectivity index (χ0) is 16.9. The van der Waals surface area contributed by atoms with Gasteiger partial charge >= 0.3 is 0 Å². The van der Waals surface area contributed by atoms with Crippen LogP contribution in [0.5, 0.6) is 0 Å². The van der Waals surface area contributed by atoms with Crippen molar-refractivity contribution >= 4 is 17.5 Å². The van der Waals surface area contributed by atoms with E-state index >= 15 is 0 Å². The summed E-state index contributed by atoms with van der Waals surface area (Å²) in [7, 11) is 0. The lowest BCUT2D eigenvalue weighted by molar-refractivity contribution is 0.912. The highest BCUT2D eigenvalue weighted by molar-refractivity contribution is 5.93. The van der Waals surface area contributed by atoms with Gasteiger partial charge in [-0.15, -0.1) is 0 Å². The van der Waals surface area contributed by atoms with E-state index in [1.54, 1.807) is 0 Å². The Kier molecular flexibility index (Phi) is 5.20. The lowest BCUT2D eigenvalue weighted by Gasteiger charge is -2.35. The molecule has 1 aliphatic heterocycles. The summed E-state index contributed by atoms with van der Waals surface area (Å²) in [4.78, 5) is 2.45. The van der Waals surface area contributed by atoms with Gasteiger partial charge in [0.25, 0.3) is 0 Å². The maximum absolute atomic E-state index is 2.45. The van der Waals surface area contributed by atoms with Crippen molar-refractivity contribution in [3.63, 3.8) is 0 Å². The molecule has 0 radical (unpaired) electrons. The lowest BCUT2D eigenvalue weighted by Crippen LogP contribution is -2.25. The SMILES string of the molecule is CC/C=C1\c2c(cccc2CCC)C=C(CC)N1c1ccccc1. The van der Waals surface area contributed by atoms with Gasteiger partial charge in [-0.25, -0.2) is 0 Å². The molecular formula is C23H27N. The number of allylic oxidation sites excluding steroid dienone is 2. The summed E-state index contributed by atoms with van der Waals surface area (Å²) < 4.78 is 0. The molecule has 0 atom stereocenters. The average molecular weight is 317 g/mol. The second-order valence-corrected chi connectivity index (χ2v) is 6.29. The van der Waals surface area contributed by atoms with Crippen LogP contribution in [0, 0.1) is 0 Å². The Bertz CT molecular complexity index is 753. The minimum absolute atomic E-state index is 1.02. The molecule has 0 unspecified atom stereocenters. The largest absolute Gasteiger partial charge is 0.314 e. The standard InChI is InChI=1S/C23H27N/c1-4-11-18-13-10-14-19-17-20(6-3)24(21-15-8-7-9-16-21)22(12-5-2)23(18)19/h7-10,12-17H,4-6,11H2,1-3H3/b22-12+. The number of rotatable bonds is 5. The van der Waals surface area contributed by atoms with Crippen LogP contribution in [0.2, 0.25) is 0 Å². The molecule has 0 saturated heterocycles. The second-order valence-electron chi connectivity index (χ2n) is 6.29. The first-order valence-corrected chi connectivity index (χ1v) is 9.18. The fourth-order valence-electron chi connectivity index (χ4n) is 3.57. The van der Waals surface area contributed by atoms with Gasteiger partial charge in [-0.2, -0.15) is 0 Å². The summed E-state index contributed by atoms with van der Waals surface area (Å²) in [6.45, 7) is 6.72. The molecule has 124 valence electrons. The zero-order valence-corrected chi connectivity index (χ0v) is 15.0. The first kappa shape index (κ1) is 16.6. The van der Waals surface area contributed by atoms with Crippen LogP contribution in [0.4, 0.5) is 5.69 Å². The maximum atomic E-state index is 2.45. The molecule has 3 rings (SSSR count). The van der Waals surface area contributed by atoms with E-state index in [4.69, 9.17) is 0 Å². The third-order valence-electron chi connectivity index (χ3n) is 4.58. The molecule has 0 saturated carbocycles. The lowest BCUT2D eigenvalue weighted by atomic mass is 9.90. The number of hydrogen-bond donors (Lipinski definition) is 0. The van der Waals surface area contributed by atoms with Gasteiger partial charge in [-0.1, -0.05) is 69.7 Å². The van der Waals surface area contributed by atoms with Crippen molar-refractivity contribution in [3.8, 4) is 0 Å². The van der Waals surface area contributed by atoms with E-state index in [0.717, 1.165) is 19.3 Å². The highest BCUT2D eigenvalue weighted by Gasteiger charge is 2.25. The molecule has 1 heterocycles. The van der Waals surface area contributed by atoms with Crippen LogP contribution >= 0.6 is 0 Å². The van der Waals surface area contributed by atoms with Crippen molar-refractivity contribution < 1.29 is 0 Å². The van der Waals surface area contributed by atoms with E-state index in [1.807, 2.05) is 0 Å². The molecule has 1 heteroatoms. The van der Waals surface area contributed by atoms with Crippen LogP contribution in [-0.2, 0) is 6.42 Å². The highest BCUT2D eigenvalue weighted by atomic mass is 15.2. The Morgan fingerprint density at radius 2 is 1.71 bits per heavy atom. The van der Waals surface area contributed by atoms with Gasteiger partial charge in [0.1, 0.15) is 0 Å². The smallest absolute Gasteiger partial charge is 0.0499 e. The van der Waals surface area contributed by atoms with Crippen LogP contribution in [0.3, 0.4) is 0 Å². The molecule has 1 aliphatic rings. The number of anilines is 1. The molecule has 0 aromatic heterocycles. The Balaban J connectivity index is 2.23. The molecule has 2 aromatic rings. The zero-order valence-electron chi connectivity index (χ0n) is 15.0. The predicted octanol–water partition coefficient (Wildman–Crippen LogP) is 6.66. The number of fused-ring (bicyclic) bond motifs is 1. The maximum Gasteiger partial charge on any atom is 0.0499 e. The summed E-state index contributed by atoms with van der Waals surface area (Å²) in [5.41, 5.74) is 8.21. The number of hydrogen-bond acceptors (Lipinski definition) is 1. The fourth-order valence-corrected chi connectivity index (χ4v) is 3.57. The predicted molar refractivity (Wildman–Crippen MR) is 106 cm³/mol. The van der Waals surface area contributed by atoms with Crippen molar-refractivity contribution in [1.29, 1.82) is 0 Å². The third kappa shape index (κ3) is 3.03. The Morgan fingerprint density at radius 1 is 0.917 bits per heavy atom. The minimum atomic E-state index is 1.02. The first-order chi connectivity index (χ1) is 11.8. The van der Waals surface area contributed by atoms with Crippen LogP contribution in [0.1, 0.15) is 56.7 Å². The molecule has 0 N–H and O–H groups in total. The average Bonchev–Trinajstić information content (AvgIpc) is 2.62. The Labute approximate surface area is 146 Å². The second kappa shape index (κ2) is 7.53. The van der Waals surface area contributed by atoms with E-state index in [1.165, 1.54) is 40.2 Å². The van der Waals surface area contributed by atoms with Crippen LogP contribution in [0.25, 0.3) is 11.8 Å². The van der Waals surface area contributed by atoms with Gasteiger partial charge in [-0.05, 0) is 48.6 Å². The van der Waals surface area contributed by atoms with E-state index < -0.39 is 0 Å². The molecule has 0 aliphatic carbocycles. The number of benzene rings is 2. The molecule has 2 aromatic carbocycles. The van der Waals surface area contributed by atoms with Crippen LogP contribution in [-0.4, -0.2) is 0 Å². The van der Waals surface area contributed by atoms with Gasteiger partial charge < -0.3 is 4.90 Å². The number of nitrogens with zero attached hydrogens (tertiary/aromatic N) is 1. The van der Waals surface area contributed by atoms with Gasteiger partial charge in [0.05, 0.1) is 0 Å². The van der Waals surface area contributed by atoms with Gasteiger partial charge in [-0.3, -0.25) is 0 Å². The Morgan fingerprint density at radius 3 is 2.38 bits per heavy atom. The van der Waals surface area contributed by atoms with Gasteiger partial charge in [0, 0.05) is 22.6 Å². The summed E-state index contributed by atoms with van der Waals surface area (Å²) >= 11 is 0. The molecular weight excluding hydrogens is 290 g/mol. The molecule has 0 bridgehead atoms. The van der Waals surface area contributed by atoms with Crippen LogP contribution < -0.4 is 4.90 Å². The van der Waals surface area contributed by atoms with Crippen molar-refractivity contribution in [2.45, 2.75) is 46.5 Å². The molecule has 1 nitrogen and oxygen atoms in total. The van der Waals surface area contributed by atoms with E-state index in [0.29, 0.717) is 0 Å². The molecule has 0 spiro atoms. The van der Waals surface area contributed by atoms with Gasteiger partial charge in [0.15, 0.2) is 0 Å². The molecule has 0 amide bonds. The van der Waals surface area contributed by atoms with E-state index in [-0.39, 0.29) is 0 Å². The normalized spacial score (nSPS) is 15.4. The van der Waals surface area contributed by atoms with Crippen LogP contribution in [0.15, 0.2) is 60.3 Å². The van der Waals surface area contributed by atoms with Gasteiger partial charge in [0.2, 0.25) is 0 Å². The van der Waals surface area contributed by atoms with E-state index in [9.17, 15) is 0 Å². The number of aryl methyl sites for hydroxylation is 1. The third-order valence-corrected chi connectivity index (χ3v) is 4.58. The van der Waals surface area contributed by atoms with Crippen molar-refractivity contribution in [2.75, 3.05) is 4.90 Å². The summed E-state index contributed by atoms with van der Waals surface area (Å²) in [5.74, 6) is 0. The van der Waals surface area contributed by atoms with Crippen molar-refractivity contribution in [2.24, 2.45) is 0 Å². The summed E-state index contributed by atoms with van der Waals surface area (Å²) in [5, 5.41) is 0. The summed E-state index contributed by atoms with van der Waals surface area (Å²) in [6.07, 6.45) is 9.11. The fraction of sp³-hybridized carbons (Fsp3) is 0.304. The Hall–Kier alpha value is -2.28. The molecule has 0 fully saturated rings. The van der Waals surface area contributed by atoms with Crippen molar-refractivity contribution in [3.05, 3.63) is 77.0 Å². The minimum Gasteiger partial charge on any atom is -0.314 e. The number of para-hydroxylation sites is 1.